The summed E-state index contributed by atoms with van der Waals surface area (Å²) in [5.41, 5.74) is 1.49. The maximum atomic E-state index is 12.3. The quantitative estimate of drug-likeness (QED) is 0.707. The zero-order chi connectivity index (χ0) is 19.1. The minimum Gasteiger partial charge on any atom is -0.497 e. The standard InChI is InChI=1S/C19H26N4O3/c1-5-15(6-2)23-19(13(3)12-20-23)22-18(25)11-17(24)21-14-7-9-16(26-4)10-8-14/h7-10,12,15H,5-6,11H2,1-4H3,(H,21,24)(H,22,25). The van der Waals surface area contributed by atoms with E-state index in [0.717, 1.165) is 18.4 Å². The van der Waals surface area contributed by atoms with Crippen LogP contribution in [0.15, 0.2) is 30.5 Å². The van der Waals surface area contributed by atoms with E-state index in [1.807, 2.05) is 11.6 Å². The Bertz CT molecular complexity index is 749. The number of carbonyl (C=O) groups is 2. The summed E-state index contributed by atoms with van der Waals surface area (Å²) in [4.78, 5) is 24.4. The monoisotopic (exact) mass is 358 g/mol. The summed E-state index contributed by atoms with van der Waals surface area (Å²) < 4.78 is 6.90. The maximum Gasteiger partial charge on any atom is 0.234 e. The molecule has 140 valence electrons. The van der Waals surface area contributed by atoms with Crippen LogP contribution in [0, 0.1) is 6.92 Å². The molecule has 2 amide bonds. The highest BCUT2D eigenvalue weighted by Gasteiger charge is 2.18. The first-order valence-corrected chi connectivity index (χ1v) is 8.76. The van der Waals surface area contributed by atoms with Crippen molar-refractivity contribution < 1.29 is 14.3 Å². The van der Waals surface area contributed by atoms with Crippen LogP contribution < -0.4 is 15.4 Å². The number of aromatic nitrogens is 2. The molecule has 1 aromatic heterocycles. The van der Waals surface area contributed by atoms with Gasteiger partial charge >= 0.3 is 0 Å². The lowest BCUT2D eigenvalue weighted by Gasteiger charge is -2.17. The minimum absolute atomic E-state index is 0.215. The van der Waals surface area contributed by atoms with Gasteiger partial charge in [-0.15, -0.1) is 0 Å². The summed E-state index contributed by atoms with van der Waals surface area (Å²) in [6.45, 7) is 6.05. The van der Waals surface area contributed by atoms with Gasteiger partial charge in [0.2, 0.25) is 11.8 Å². The summed E-state index contributed by atoms with van der Waals surface area (Å²) in [5, 5.41) is 9.89. The van der Waals surface area contributed by atoms with Crippen molar-refractivity contribution in [2.75, 3.05) is 17.7 Å². The van der Waals surface area contributed by atoms with Gasteiger partial charge in [-0.1, -0.05) is 13.8 Å². The maximum absolute atomic E-state index is 12.3. The molecule has 0 saturated heterocycles. The molecule has 2 aromatic rings. The van der Waals surface area contributed by atoms with E-state index in [4.69, 9.17) is 4.74 Å². The number of carbonyl (C=O) groups excluding carboxylic acids is 2. The molecule has 0 saturated carbocycles. The zero-order valence-electron chi connectivity index (χ0n) is 15.7. The smallest absolute Gasteiger partial charge is 0.234 e. The highest BCUT2D eigenvalue weighted by atomic mass is 16.5. The van der Waals surface area contributed by atoms with Crippen molar-refractivity contribution in [1.82, 2.24) is 9.78 Å². The van der Waals surface area contributed by atoms with Gasteiger partial charge in [0.1, 0.15) is 18.0 Å². The second-order valence-electron chi connectivity index (χ2n) is 6.09. The highest BCUT2D eigenvalue weighted by molar-refractivity contribution is 6.08. The summed E-state index contributed by atoms with van der Waals surface area (Å²) in [7, 11) is 1.58. The summed E-state index contributed by atoms with van der Waals surface area (Å²) in [6, 6.07) is 7.15. The van der Waals surface area contributed by atoms with E-state index in [-0.39, 0.29) is 24.3 Å². The first-order valence-electron chi connectivity index (χ1n) is 8.76. The summed E-state index contributed by atoms with van der Waals surface area (Å²) in [5.74, 6) is 0.609. The van der Waals surface area contributed by atoms with Crippen LogP contribution in [-0.4, -0.2) is 28.7 Å². The molecule has 0 bridgehead atoms. The van der Waals surface area contributed by atoms with Crippen molar-refractivity contribution in [3.63, 3.8) is 0 Å². The van der Waals surface area contributed by atoms with Crippen LogP contribution in [0.1, 0.15) is 44.7 Å². The Morgan fingerprint density at radius 1 is 1.12 bits per heavy atom. The molecule has 0 spiro atoms. The molecular formula is C19H26N4O3. The largest absolute Gasteiger partial charge is 0.497 e. The molecule has 0 aliphatic heterocycles. The van der Waals surface area contributed by atoms with Crippen molar-refractivity contribution in [1.29, 1.82) is 0 Å². The Kier molecular flexibility index (Phi) is 6.77. The molecule has 0 unspecified atom stereocenters. The van der Waals surface area contributed by atoms with Crippen LogP contribution in [0.2, 0.25) is 0 Å². The number of anilines is 2. The number of benzene rings is 1. The number of hydrogen-bond donors (Lipinski definition) is 2. The lowest BCUT2D eigenvalue weighted by atomic mass is 10.2. The average Bonchev–Trinajstić information content (AvgIpc) is 2.97. The van der Waals surface area contributed by atoms with Crippen LogP contribution >= 0.6 is 0 Å². The lowest BCUT2D eigenvalue weighted by Crippen LogP contribution is -2.24. The molecule has 1 aromatic carbocycles. The molecule has 2 N–H and O–H groups in total. The molecule has 1 heterocycles. The number of ether oxygens (including phenoxy) is 1. The van der Waals surface area contributed by atoms with Gasteiger partial charge in [-0.05, 0) is 44.0 Å². The van der Waals surface area contributed by atoms with Gasteiger partial charge in [0, 0.05) is 11.3 Å². The van der Waals surface area contributed by atoms with Gasteiger partial charge in [0.25, 0.3) is 0 Å². The van der Waals surface area contributed by atoms with Gasteiger partial charge in [-0.25, -0.2) is 4.68 Å². The van der Waals surface area contributed by atoms with E-state index in [0.29, 0.717) is 17.3 Å². The van der Waals surface area contributed by atoms with Crippen LogP contribution in [0.25, 0.3) is 0 Å². The van der Waals surface area contributed by atoms with Crippen LogP contribution in [0.5, 0.6) is 5.75 Å². The Morgan fingerprint density at radius 2 is 1.73 bits per heavy atom. The van der Waals surface area contributed by atoms with Gasteiger partial charge in [0.05, 0.1) is 19.3 Å². The molecule has 26 heavy (non-hydrogen) atoms. The average molecular weight is 358 g/mol. The van der Waals surface area contributed by atoms with Gasteiger partial charge < -0.3 is 15.4 Å². The summed E-state index contributed by atoms with van der Waals surface area (Å²) in [6.07, 6.45) is 3.29. The fourth-order valence-corrected chi connectivity index (χ4v) is 2.72. The van der Waals surface area contributed by atoms with Crippen molar-refractivity contribution in [3.05, 3.63) is 36.0 Å². The molecule has 0 radical (unpaired) electrons. The van der Waals surface area contributed by atoms with Crippen molar-refractivity contribution in [2.45, 2.75) is 46.1 Å². The molecule has 2 rings (SSSR count). The SMILES string of the molecule is CCC(CC)n1ncc(C)c1NC(=O)CC(=O)Nc1ccc(OC)cc1. The Morgan fingerprint density at radius 3 is 2.31 bits per heavy atom. The molecule has 0 aliphatic rings. The Hall–Kier alpha value is -2.83. The molecule has 0 atom stereocenters. The molecule has 0 fully saturated rings. The minimum atomic E-state index is -0.376. The second-order valence-corrected chi connectivity index (χ2v) is 6.09. The Labute approximate surface area is 153 Å². The van der Waals surface area contributed by atoms with Crippen LogP contribution in [-0.2, 0) is 9.59 Å². The highest BCUT2D eigenvalue weighted by Crippen LogP contribution is 2.23. The topological polar surface area (TPSA) is 85.2 Å². The molecule has 7 heteroatoms. The van der Waals surface area contributed by atoms with E-state index in [1.54, 1.807) is 37.6 Å². The predicted octanol–water partition coefficient (Wildman–Crippen LogP) is 3.53. The number of nitrogens with zero attached hydrogens (tertiary/aromatic N) is 2. The van der Waals surface area contributed by atoms with E-state index >= 15 is 0 Å². The first kappa shape index (κ1) is 19.5. The van der Waals surface area contributed by atoms with Gasteiger partial charge in [-0.2, -0.15) is 5.10 Å². The van der Waals surface area contributed by atoms with E-state index in [9.17, 15) is 9.59 Å². The van der Waals surface area contributed by atoms with E-state index in [2.05, 4.69) is 29.6 Å². The normalized spacial score (nSPS) is 10.7. The van der Waals surface area contributed by atoms with Crippen LogP contribution in [0.4, 0.5) is 11.5 Å². The lowest BCUT2D eigenvalue weighted by molar-refractivity contribution is -0.123. The number of nitrogens with one attached hydrogen (secondary N) is 2. The molecular weight excluding hydrogens is 332 g/mol. The third-order valence-corrected chi connectivity index (χ3v) is 4.22. The van der Waals surface area contributed by atoms with E-state index in [1.165, 1.54) is 0 Å². The summed E-state index contributed by atoms with van der Waals surface area (Å²) >= 11 is 0. The van der Waals surface area contributed by atoms with Crippen molar-refractivity contribution in [3.8, 4) is 5.75 Å². The predicted molar refractivity (Wildman–Crippen MR) is 101 cm³/mol. The van der Waals surface area contributed by atoms with Gasteiger partial charge in [0.15, 0.2) is 0 Å². The first-order chi connectivity index (χ1) is 12.5. The van der Waals surface area contributed by atoms with Crippen LogP contribution in [0.3, 0.4) is 0 Å². The number of aryl methyl sites for hydroxylation is 1. The third kappa shape index (κ3) is 4.84. The number of methoxy groups -OCH3 is 1. The number of rotatable bonds is 8. The molecule has 7 nitrogen and oxygen atoms in total. The second kappa shape index (κ2) is 9.03. The fourth-order valence-electron chi connectivity index (χ4n) is 2.72. The zero-order valence-corrected chi connectivity index (χ0v) is 15.7. The van der Waals surface area contributed by atoms with Gasteiger partial charge in [-0.3, -0.25) is 9.59 Å². The third-order valence-electron chi connectivity index (χ3n) is 4.22. The van der Waals surface area contributed by atoms with Crippen molar-refractivity contribution >= 4 is 23.3 Å². The Balaban J connectivity index is 1.97. The van der Waals surface area contributed by atoms with E-state index < -0.39 is 0 Å². The number of hydrogen-bond acceptors (Lipinski definition) is 4. The molecule has 0 aliphatic carbocycles. The fraction of sp³-hybridized carbons (Fsp3) is 0.421. The van der Waals surface area contributed by atoms with Crippen molar-refractivity contribution in [2.24, 2.45) is 0 Å². The number of amides is 2.